The number of carbonyl (C=O) groups is 1. The Labute approximate surface area is 113 Å². The third-order valence-corrected chi connectivity index (χ3v) is 2.48. The summed E-state index contributed by atoms with van der Waals surface area (Å²) in [7, 11) is 2.99. The number of hydrogen-bond donors (Lipinski definition) is 1. The molecule has 0 spiro atoms. The standard InChI is InChI=1S/C13H20N2O4/c1-10-11(13(16)18-3)4-5-12(15-10)14-6-7-19-9-8-17-2/h4-5H,6-9H2,1-3H3,(H,14,15). The Kier molecular flexibility index (Phi) is 6.84. The molecule has 0 aromatic carbocycles. The number of aryl methyl sites for hydroxylation is 1. The number of rotatable bonds is 8. The fourth-order valence-electron chi connectivity index (χ4n) is 1.48. The Hall–Kier alpha value is -1.66. The van der Waals surface area contributed by atoms with Crippen LogP contribution in [0.4, 0.5) is 5.82 Å². The van der Waals surface area contributed by atoms with Gasteiger partial charge >= 0.3 is 5.97 Å². The SMILES string of the molecule is COCCOCCNc1ccc(C(=O)OC)c(C)n1. The van der Waals surface area contributed by atoms with Crippen LogP contribution in [0.2, 0.25) is 0 Å². The van der Waals surface area contributed by atoms with Gasteiger partial charge in [-0.3, -0.25) is 0 Å². The van der Waals surface area contributed by atoms with E-state index in [9.17, 15) is 4.79 Å². The third kappa shape index (κ3) is 5.23. The van der Waals surface area contributed by atoms with Crippen LogP contribution in [-0.4, -0.2) is 51.5 Å². The molecule has 0 bridgehead atoms. The number of hydrogen-bond acceptors (Lipinski definition) is 6. The number of ether oxygens (including phenoxy) is 3. The summed E-state index contributed by atoms with van der Waals surface area (Å²) in [5.74, 6) is 0.333. The molecule has 0 radical (unpaired) electrons. The first-order valence-electron chi connectivity index (χ1n) is 6.05. The molecule has 1 aromatic rings. The van der Waals surface area contributed by atoms with E-state index >= 15 is 0 Å². The van der Waals surface area contributed by atoms with Gasteiger partial charge in [-0.2, -0.15) is 0 Å². The van der Waals surface area contributed by atoms with Gasteiger partial charge in [0.05, 0.1) is 38.2 Å². The molecule has 0 amide bonds. The Bertz CT molecular complexity index is 410. The van der Waals surface area contributed by atoms with E-state index in [0.717, 1.165) is 0 Å². The highest BCUT2D eigenvalue weighted by molar-refractivity contribution is 5.90. The van der Waals surface area contributed by atoms with Gasteiger partial charge in [0.1, 0.15) is 5.82 Å². The van der Waals surface area contributed by atoms with E-state index in [1.807, 2.05) is 0 Å². The van der Waals surface area contributed by atoms with Crippen molar-refractivity contribution >= 4 is 11.8 Å². The molecule has 1 N–H and O–H groups in total. The second-order valence-electron chi connectivity index (χ2n) is 3.85. The van der Waals surface area contributed by atoms with Crippen LogP contribution in [-0.2, 0) is 14.2 Å². The number of aromatic nitrogens is 1. The van der Waals surface area contributed by atoms with Gasteiger partial charge in [0.25, 0.3) is 0 Å². The van der Waals surface area contributed by atoms with Crippen molar-refractivity contribution in [1.82, 2.24) is 4.98 Å². The Morgan fingerprint density at radius 2 is 2.05 bits per heavy atom. The molecule has 1 heterocycles. The van der Waals surface area contributed by atoms with E-state index in [2.05, 4.69) is 15.0 Å². The predicted octanol–water partition coefficient (Wildman–Crippen LogP) is 1.25. The fourth-order valence-corrected chi connectivity index (χ4v) is 1.48. The largest absolute Gasteiger partial charge is 0.465 e. The molecule has 0 saturated carbocycles. The smallest absolute Gasteiger partial charge is 0.339 e. The van der Waals surface area contributed by atoms with Crippen LogP contribution in [0.15, 0.2) is 12.1 Å². The summed E-state index contributed by atoms with van der Waals surface area (Å²) in [4.78, 5) is 15.7. The van der Waals surface area contributed by atoms with E-state index in [1.165, 1.54) is 7.11 Å². The van der Waals surface area contributed by atoms with Crippen LogP contribution in [0.1, 0.15) is 16.1 Å². The number of nitrogens with one attached hydrogen (secondary N) is 1. The van der Waals surface area contributed by atoms with Crippen LogP contribution in [0, 0.1) is 6.92 Å². The Morgan fingerprint density at radius 3 is 2.68 bits per heavy atom. The van der Waals surface area contributed by atoms with Crippen molar-refractivity contribution in [3.8, 4) is 0 Å². The maximum absolute atomic E-state index is 11.4. The van der Waals surface area contributed by atoms with Gasteiger partial charge < -0.3 is 19.5 Å². The molecule has 0 atom stereocenters. The number of pyridine rings is 1. The van der Waals surface area contributed by atoms with Crippen molar-refractivity contribution in [1.29, 1.82) is 0 Å². The third-order valence-electron chi connectivity index (χ3n) is 2.48. The first-order chi connectivity index (χ1) is 9.19. The molecule has 6 heteroatoms. The van der Waals surface area contributed by atoms with Gasteiger partial charge in [0, 0.05) is 13.7 Å². The lowest BCUT2D eigenvalue weighted by Crippen LogP contribution is -2.13. The summed E-state index contributed by atoms with van der Waals surface area (Å²) in [6.45, 7) is 4.15. The molecule has 106 valence electrons. The second kappa shape index (κ2) is 8.44. The van der Waals surface area contributed by atoms with E-state index in [-0.39, 0.29) is 5.97 Å². The lowest BCUT2D eigenvalue weighted by Gasteiger charge is -2.09. The van der Waals surface area contributed by atoms with Crippen LogP contribution in [0.5, 0.6) is 0 Å². The van der Waals surface area contributed by atoms with Crippen LogP contribution in [0.3, 0.4) is 0 Å². The number of anilines is 1. The number of carbonyl (C=O) groups excluding carboxylic acids is 1. The normalized spacial score (nSPS) is 10.3. The quantitative estimate of drug-likeness (QED) is 0.565. The van der Waals surface area contributed by atoms with Crippen molar-refractivity contribution in [2.75, 3.05) is 45.9 Å². The highest BCUT2D eigenvalue weighted by atomic mass is 16.5. The minimum absolute atomic E-state index is 0.376. The van der Waals surface area contributed by atoms with Gasteiger partial charge in [-0.25, -0.2) is 9.78 Å². The van der Waals surface area contributed by atoms with Crippen molar-refractivity contribution < 1.29 is 19.0 Å². The van der Waals surface area contributed by atoms with Gasteiger partial charge in [0.15, 0.2) is 0 Å². The first-order valence-corrected chi connectivity index (χ1v) is 6.05. The van der Waals surface area contributed by atoms with Crippen LogP contribution in [0.25, 0.3) is 0 Å². The first kappa shape index (κ1) is 15.4. The maximum Gasteiger partial charge on any atom is 0.339 e. The zero-order valence-electron chi connectivity index (χ0n) is 11.6. The molecule has 0 saturated heterocycles. The lowest BCUT2D eigenvalue weighted by atomic mass is 10.2. The predicted molar refractivity (Wildman–Crippen MR) is 71.5 cm³/mol. The van der Waals surface area contributed by atoms with Crippen molar-refractivity contribution in [3.63, 3.8) is 0 Å². The molecule has 1 rings (SSSR count). The van der Waals surface area contributed by atoms with E-state index in [4.69, 9.17) is 9.47 Å². The van der Waals surface area contributed by atoms with E-state index in [1.54, 1.807) is 26.2 Å². The second-order valence-corrected chi connectivity index (χ2v) is 3.85. The van der Waals surface area contributed by atoms with Gasteiger partial charge in [-0.05, 0) is 19.1 Å². The van der Waals surface area contributed by atoms with E-state index in [0.29, 0.717) is 43.4 Å². The summed E-state index contributed by atoms with van der Waals surface area (Å²) in [5.41, 5.74) is 1.11. The molecule has 0 unspecified atom stereocenters. The van der Waals surface area contributed by atoms with Crippen molar-refractivity contribution in [3.05, 3.63) is 23.4 Å². The van der Waals surface area contributed by atoms with Gasteiger partial charge in [-0.15, -0.1) is 0 Å². The molecule has 0 aliphatic heterocycles. The topological polar surface area (TPSA) is 69.7 Å². The molecule has 1 aromatic heterocycles. The average Bonchev–Trinajstić information content (AvgIpc) is 2.42. The van der Waals surface area contributed by atoms with Crippen LogP contribution < -0.4 is 5.32 Å². The Morgan fingerprint density at radius 1 is 1.26 bits per heavy atom. The van der Waals surface area contributed by atoms with E-state index < -0.39 is 0 Å². The zero-order chi connectivity index (χ0) is 14.1. The molecule has 0 fully saturated rings. The van der Waals surface area contributed by atoms with Crippen molar-refractivity contribution in [2.24, 2.45) is 0 Å². The maximum atomic E-state index is 11.4. The molecule has 6 nitrogen and oxygen atoms in total. The summed E-state index contributed by atoms with van der Waals surface area (Å²) in [6.07, 6.45) is 0. The van der Waals surface area contributed by atoms with Crippen LogP contribution >= 0.6 is 0 Å². The molecular formula is C13H20N2O4. The summed E-state index contributed by atoms with van der Waals surface area (Å²) >= 11 is 0. The minimum Gasteiger partial charge on any atom is -0.465 e. The lowest BCUT2D eigenvalue weighted by molar-refractivity contribution is 0.0599. The number of nitrogens with zero attached hydrogens (tertiary/aromatic N) is 1. The van der Waals surface area contributed by atoms with Gasteiger partial charge in [-0.1, -0.05) is 0 Å². The minimum atomic E-state index is -0.376. The summed E-state index contributed by atoms with van der Waals surface area (Å²) in [5, 5.41) is 3.12. The summed E-state index contributed by atoms with van der Waals surface area (Å²) < 4.78 is 14.8. The highest BCUT2D eigenvalue weighted by Gasteiger charge is 2.10. The molecular weight excluding hydrogens is 248 g/mol. The molecule has 19 heavy (non-hydrogen) atoms. The Balaban J connectivity index is 2.39. The fraction of sp³-hybridized carbons (Fsp3) is 0.538. The van der Waals surface area contributed by atoms with Gasteiger partial charge in [0.2, 0.25) is 0 Å². The monoisotopic (exact) mass is 268 g/mol. The highest BCUT2D eigenvalue weighted by Crippen LogP contribution is 2.11. The molecule has 0 aliphatic rings. The number of esters is 1. The zero-order valence-corrected chi connectivity index (χ0v) is 11.6. The number of methoxy groups -OCH3 is 2. The van der Waals surface area contributed by atoms with Crippen molar-refractivity contribution in [2.45, 2.75) is 6.92 Å². The molecule has 0 aliphatic carbocycles. The summed E-state index contributed by atoms with van der Waals surface area (Å²) in [6, 6.07) is 3.44. The average molecular weight is 268 g/mol.